The van der Waals surface area contributed by atoms with E-state index in [4.69, 9.17) is 5.73 Å². The Morgan fingerprint density at radius 2 is 1.89 bits per heavy atom. The molecule has 1 rings (SSSR count). The Hall–Kier alpha value is -1.58. The molecule has 0 aliphatic carbocycles. The van der Waals surface area contributed by atoms with Gasteiger partial charge in [0.25, 0.3) is 5.91 Å². The molecule has 0 unspecified atom stereocenters. The van der Waals surface area contributed by atoms with Crippen LogP contribution in [-0.2, 0) is 0 Å². The van der Waals surface area contributed by atoms with E-state index in [1.807, 2.05) is 27.0 Å². The quantitative estimate of drug-likeness (QED) is 0.888. The van der Waals surface area contributed by atoms with Gasteiger partial charge in [-0.25, -0.2) is 4.98 Å². The van der Waals surface area contributed by atoms with Crippen LogP contribution in [0.4, 0.5) is 5.82 Å². The molecular formula is C15H25N3O. The van der Waals surface area contributed by atoms with E-state index in [1.54, 1.807) is 11.0 Å². The number of carbonyl (C=O) groups is 1. The van der Waals surface area contributed by atoms with Gasteiger partial charge in [-0.15, -0.1) is 0 Å². The Morgan fingerprint density at radius 3 is 2.37 bits per heavy atom. The first-order valence-corrected chi connectivity index (χ1v) is 6.95. The minimum Gasteiger partial charge on any atom is -0.384 e. The van der Waals surface area contributed by atoms with Gasteiger partial charge in [0, 0.05) is 24.3 Å². The summed E-state index contributed by atoms with van der Waals surface area (Å²) in [7, 11) is 1.85. The van der Waals surface area contributed by atoms with Crippen molar-refractivity contribution in [2.24, 2.45) is 0 Å². The lowest BCUT2D eigenvalue weighted by atomic mass is 10.1. The lowest BCUT2D eigenvalue weighted by Gasteiger charge is -2.26. The van der Waals surface area contributed by atoms with Crippen molar-refractivity contribution in [3.63, 3.8) is 0 Å². The highest BCUT2D eigenvalue weighted by atomic mass is 16.2. The number of carbonyl (C=O) groups excluding carboxylic acids is 1. The van der Waals surface area contributed by atoms with Crippen molar-refractivity contribution < 1.29 is 4.79 Å². The second-order valence-electron chi connectivity index (χ2n) is 5.25. The monoisotopic (exact) mass is 263 g/mol. The summed E-state index contributed by atoms with van der Waals surface area (Å²) in [5.74, 6) is 0.686. The molecule has 0 fully saturated rings. The van der Waals surface area contributed by atoms with Crippen molar-refractivity contribution in [3.8, 4) is 0 Å². The molecule has 0 bridgehead atoms. The number of rotatable bonds is 5. The van der Waals surface area contributed by atoms with Crippen LogP contribution in [0.25, 0.3) is 0 Å². The Labute approximate surface area is 116 Å². The van der Waals surface area contributed by atoms with Crippen LogP contribution in [0.5, 0.6) is 0 Å². The standard InChI is InChI=1S/C15H25N3O/c1-6-12(7-2)18(5)15(19)11-8-13(10(3)4)17-14(16)9-11/h8-10,12H,6-7H2,1-5H3,(H2,16,17). The fourth-order valence-corrected chi connectivity index (χ4v) is 2.20. The van der Waals surface area contributed by atoms with E-state index < -0.39 is 0 Å². The van der Waals surface area contributed by atoms with Gasteiger partial charge in [0.15, 0.2) is 0 Å². The molecule has 0 aromatic carbocycles. The number of hydrogen-bond donors (Lipinski definition) is 1. The second kappa shape index (κ2) is 6.55. The van der Waals surface area contributed by atoms with Crippen LogP contribution >= 0.6 is 0 Å². The molecule has 4 nitrogen and oxygen atoms in total. The van der Waals surface area contributed by atoms with Crippen LogP contribution in [0, 0.1) is 0 Å². The van der Waals surface area contributed by atoms with Crippen molar-refractivity contribution in [2.45, 2.75) is 52.5 Å². The molecule has 19 heavy (non-hydrogen) atoms. The van der Waals surface area contributed by atoms with Crippen molar-refractivity contribution in [3.05, 3.63) is 23.4 Å². The third-order valence-corrected chi connectivity index (χ3v) is 3.51. The third kappa shape index (κ3) is 3.69. The second-order valence-corrected chi connectivity index (χ2v) is 5.25. The maximum atomic E-state index is 12.5. The normalized spacial score (nSPS) is 11.1. The van der Waals surface area contributed by atoms with Crippen molar-refractivity contribution >= 4 is 11.7 Å². The van der Waals surface area contributed by atoms with E-state index in [0.717, 1.165) is 18.5 Å². The van der Waals surface area contributed by atoms with E-state index in [9.17, 15) is 4.79 Å². The number of nitrogen functional groups attached to an aromatic ring is 1. The molecule has 0 spiro atoms. The average molecular weight is 263 g/mol. The first-order chi connectivity index (χ1) is 8.90. The third-order valence-electron chi connectivity index (χ3n) is 3.51. The van der Waals surface area contributed by atoms with Crippen LogP contribution in [0.1, 0.15) is 62.5 Å². The molecule has 1 amide bonds. The van der Waals surface area contributed by atoms with Gasteiger partial charge in [-0.3, -0.25) is 4.79 Å². The lowest BCUT2D eigenvalue weighted by Crippen LogP contribution is -2.36. The Bertz CT molecular complexity index is 439. The first-order valence-electron chi connectivity index (χ1n) is 6.95. The van der Waals surface area contributed by atoms with Gasteiger partial charge in [0.1, 0.15) is 5.82 Å². The maximum absolute atomic E-state index is 12.5. The fraction of sp³-hybridized carbons (Fsp3) is 0.600. The van der Waals surface area contributed by atoms with Gasteiger partial charge < -0.3 is 10.6 Å². The summed E-state index contributed by atoms with van der Waals surface area (Å²) in [6, 6.07) is 3.78. The Morgan fingerprint density at radius 1 is 1.32 bits per heavy atom. The number of aromatic nitrogens is 1. The minimum absolute atomic E-state index is 0.0182. The van der Waals surface area contributed by atoms with Crippen LogP contribution in [0.15, 0.2) is 12.1 Å². The first kappa shape index (κ1) is 15.5. The Balaban J connectivity index is 3.05. The molecule has 0 atom stereocenters. The lowest BCUT2D eigenvalue weighted by molar-refractivity contribution is 0.0723. The predicted octanol–water partition coefficient (Wildman–Crippen LogP) is 3.05. The highest BCUT2D eigenvalue weighted by Crippen LogP contribution is 2.18. The summed E-state index contributed by atoms with van der Waals surface area (Å²) in [5, 5.41) is 0. The highest BCUT2D eigenvalue weighted by molar-refractivity contribution is 5.95. The summed E-state index contributed by atoms with van der Waals surface area (Å²) < 4.78 is 0. The average Bonchev–Trinajstić information content (AvgIpc) is 2.38. The molecule has 0 aliphatic heterocycles. The maximum Gasteiger partial charge on any atom is 0.254 e. The molecule has 1 aromatic heterocycles. The zero-order chi connectivity index (χ0) is 14.6. The largest absolute Gasteiger partial charge is 0.384 e. The zero-order valence-electron chi connectivity index (χ0n) is 12.6. The molecule has 0 radical (unpaired) electrons. The van der Waals surface area contributed by atoms with Crippen LogP contribution < -0.4 is 5.73 Å². The molecule has 2 N–H and O–H groups in total. The van der Waals surface area contributed by atoms with Gasteiger partial charge in [0.2, 0.25) is 0 Å². The molecule has 4 heteroatoms. The SMILES string of the molecule is CCC(CC)N(C)C(=O)c1cc(N)nc(C(C)C)c1. The van der Waals surface area contributed by atoms with Gasteiger partial charge in [0.05, 0.1) is 0 Å². The summed E-state index contributed by atoms with van der Waals surface area (Å²) in [4.78, 5) is 18.5. The molecule has 0 saturated carbocycles. The van der Waals surface area contributed by atoms with Gasteiger partial charge in [-0.2, -0.15) is 0 Å². The Kier molecular flexibility index (Phi) is 5.33. The number of anilines is 1. The van der Waals surface area contributed by atoms with Crippen LogP contribution in [-0.4, -0.2) is 28.9 Å². The van der Waals surface area contributed by atoms with Crippen molar-refractivity contribution in [1.82, 2.24) is 9.88 Å². The number of nitrogens with two attached hydrogens (primary N) is 1. The molecule has 106 valence electrons. The zero-order valence-corrected chi connectivity index (χ0v) is 12.6. The van der Waals surface area contributed by atoms with E-state index in [0.29, 0.717) is 11.4 Å². The molecule has 0 aliphatic rings. The van der Waals surface area contributed by atoms with Crippen LogP contribution in [0.2, 0.25) is 0 Å². The van der Waals surface area contributed by atoms with Crippen molar-refractivity contribution in [2.75, 3.05) is 12.8 Å². The number of amides is 1. The van der Waals surface area contributed by atoms with E-state index in [-0.39, 0.29) is 17.9 Å². The van der Waals surface area contributed by atoms with Crippen LogP contribution in [0.3, 0.4) is 0 Å². The van der Waals surface area contributed by atoms with E-state index in [1.165, 1.54) is 0 Å². The summed E-state index contributed by atoms with van der Waals surface area (Å²) in [6.45, 7) is 8.28. The van der Waals surface area contributed by atoms with E-state index >= 15 is 0 Å². The molecular weight excluding hydrogens is 238 g/mol. The van der Waals surface area contributed by atoms with Gasteiger partial charge in [-0.05, 0) is 30.9 Å². The summed E-state index contributed by atoms with van der Waals surface area (Å²) >= 11 is 0. The summed E-state index contributed by atoms with van der Waals surface area (Å²) in [5.41, 5.74) is 7.29. The smallest absolute Gasteiger partial charge is 0.254 e. The highest BCUT2D eigenvalue weighted by Gasteiger charge is 2.19. The number of pyridine rings is 1. The number of nitrogens with zero attached hydrogens (tertiary/aromatic N) is 2. The molecule has 0 saturated heterocycles. The van der Waals surface area contributed by atoms with Gasteiger partial charge >= 0.3 is 0 Å². The summed E-state index contributed by atoms with van der Waals surface area (Å²) in [6.07, 6.45) is 1.91. The van der Waals surface area contributed by atoms with E-state index in [2.05, 4.69) is 18.8 Å². The topological polar surface area (TPSA) is 59.2 Å². The predicted molar refractivity (Wildman–Crippen MR) is 79.2 cm³/mol. The number of hydrogen-bond acceptors (Lipinski definition) is 3. The fourth-order valence-electron chi connectivity index (χ4n) is 2.20. The molecule has 1 heterocycles. The minimum atomic E-state index is 0.0182. The molecule has 1 aromatic rings. The van der Waals surface area contributed by atoms with Crippen molar-refractivity contribution in [1.29, 1.82) is 0 Å². The van der Waals surface area contributed by atoms with Gasteiger partial charge in [-0.1, -0.05) is 27.7 Å².